The average Bonchev–Trinajstić information content (AvgIpc) is 2.16. The number of carbonyl (C=O) groups excluding carboxylic acids is 1. The molecule has 0 aliphatic heterocycles. The van der Waals surface area contributed by atoms with Crippen LogP contribution in [0.5, 0.6) is 0 Å². The van der Waals surface area contributed by atoms with Crippen molar-refractivity contribution in [2.45, 2.75) is 73.3 Å². The summed E-state index contributed by atoms with van der Waals surface area (Å²) >= 11 is 0. The molecule has 0 radical (unpaired) electrons. The van der Waals surface area contributed by atoms with Gasteiger partial charge in [0.25, 0.3) is 0 Å². The zero-order valence-electron chi connectivity index (χ0n) is 12.4. The van der Waals surface area contributed by atoms with Crippen LogP contribution in [0.2, 0.25) is 0 Å². The Labute approximate surface area is 114 Å². The highest BCUT2D eigenvalue weighted by molar-refractivity contribution is 7.92. The fourth-order valence-electron chi connectivity index (χ4n) is 1.21. The molecule has 4 heteroatoms. The number of hydrogen-bond donors (Lipinski definition) is 0. The van der Waals surface area contributed by atoms with Crippen molar-refractivity contribution in [2.24, 2.45) is 11.8 Å². The van der Waals surface area contributed by atoms with Gasteiger partial charge in [-0.1, -0.05) is 35.1 Å². The van der Waals surface area contributed by atoms with Crippen LogP contribution < -0.4 is 0 Å². The molecule has 112 valence electrons. The summed E-state index contributed by atoms with van der Waals surface area (Å²) in [5.74, 6) is 0.759. The van der Waals surface area contributed by atoms with E-state index < -0.39 is 9.84 Å². The molecule has 0 atom stereocenters. The lowest BCUT2D eigenvalue weighted by molar-refractivity contribution is -0.124. The van der Waals surface area contributed by atoms with Gasteiger partial charge in [0.2, 0.25) is 0 Å². The van der Waals surface area contributed by atoms with Crippen LogP contribution in [0, 0.1) is 11.8 Å². The normalized spacial score (nSPS) is 11.3. The molecular weight excluding hydrogens is 248 g/mol. The second-order valence-corrected chi connectivity index (χ2v) is 8.46. The maximum Gasteiger partial charge on any atom is 0.154 e. The second kappa shape index (κ2) is 9.54. The first kappa shape index (κ1) is 22.8. The topological polar surface area (TPSA) is 51.2 Å². The Morgan fingerprint density at radius 3 is 0.944 bits per heavy atom. The van der Waals surface area contributed by atoms with E-state index in [0.717, 1.165) is 0 Å². The maximum absolute atomic E-state index is 11.0. The minimum Gasteiger partial charge on any atom is -0.299 e. The fraction of sp³-hybridized carbons (Fsp3) is 0.929. The zero-order chi connectivity index (χ0) is 14.4. The summed E-state index contributed by atoms with van der Waals surface area (Å²) in [5, 5.41) is -0.477. The Hall–Kier alpha value is -0.380. The molecule has 0 aromatic rings. The van der Waals surface area contributed by atoms with E-state index in [1.165, 1.54) is 0 Å². The molecule has 18 heavy (non-hydrogen) atoms. The first-order valence-electron chi connectivity index (χ1n) is 6.21. The molecule has 0 saturated carbocycles. The third kappa shape index (κ3) is 8.67. The number of ketones is 1. The van der Waals surface area contributed by atoms with Gasteiger partial charge in [-0.25, -0.2) is 8.42 Å². The van der Waals surface area contributed by atoms with E-state index in [0.29, 0.717) is 5.78 Å². The summed E-state index contributed by atoms with van der Waals surface area (Å²) in [6, 6.07) is 0. The number of rotatable bonds is 4. The van der Waals surface area contributed by atoms with E-state index in [1.807, 2.05) is 27.7 Å². The standard InChI is InChI=1S/C7H14O.C6H14O2S.CH4/c1-5(2)7(8)6(3)4;1-5(2)9(7,8)6(3)4;/h5-6H,1-4H3;5-6H,1-4H3;1H4. The van der Waals surface area contributed by atoms with E-state index in [1.54, 1.807) is 27.7 Å². The van der Waals surface area contributed by atoms with Gasteiger partial charge >= 0.3 is 0 Å². The van der Waals surface area contributed by atoms with Crippen molar-refractivity contribution >= 4 is 15.6 Å². The fourth-order valence-corrected chi connectivity index (χ4v) is 2.30. The van der Waals surface area contributed by atoms with Crippen LogP contribution in [0.1, 0.15) is 62.8 Å². The highest BCUT2D eigenvalue weighted by Gasteiger charge is 2.19. The van der Waals surface area contributed by atoms with Gasteiger partial charge in [-0.15, -0.1) is 0 Å². The Morgan fingerprint density at radius 1 is 0.722 bits per heavy atom. The van der Waals surface area contributed by atoms with Crippen LogP contribution in [-0.2, 0) is 14.6 Å². The molecule has 0 unspecified atom stereocenters. The van der Waals surface area contributed by atoms with Crippen LogP contribution in [0.3, 0.4) is 0 Å². The van der Waals surface area contributed by atoms with Gasteiger partial charge < -0.3 is 0 Å². The van der Waals surface area contributed by atoms with E-state index >= 15 is 0 Å². The summed E-state index contributed by atoms with van der Waals surface area (Å²) in [5.41, 5.74) is 0. The maximum atomic E-state index is 11.0. The number of sulfone groups is 1. The van der Waals surface area contributed by atoms with Crippen molar-refractivity contribution in [3.8, 4) is 0 Å². The summed E-state index contributed by atoms with van der Waals surface area (Å²) in [7, 11) is -2.81. The predicted octanol–water partition coefficient (Wildman–Crippen LogP) is 3.72. The van der Waals surface area contributed by atoms with Crippen LogP contribution >= 0.6 is 0 Å². The average molecular weight is 280 g/mol. The molecule has 0 fully saturated rings. The summed E-state index contributed by atoms with van der Waals surface area (Å²) < 4.78 is 22.1. The molecule has 0 rings (SSSR count). The van der Waals surface area contributed by atoms with Crippen molar-refractivity contribution < 1.29 is 13.2 Å². The van der Waals surface area contributed by atoms with E-state index in [9.17, 15) is 13.2 Å². The second-order valence-electron chi connectivity index (χ2n) is 5.40. The molecule has 0 N–H and O–H groups in total. The third-order valence-electron chi connectivity index (χ3n) is 2.45. The van der Waals surface area contributed by atoms with Crippen molar-refractivity contribution in [3.63, 3.8) is 0 Å². The number of hydrogen-bond acceptors (Lipinski definition) is 3. The molecule has 0 aliphatic rings. The molecule has 0 saturated heterocycles. The molecule has 0 spiro atoms. The number of carbonyl (C=O) groups is 1. The smallest absolute Gasteiger partial charge is 0.154 e. The highest BCUT2D eigenvalue weighted by atomic mass is 32.2. The van der Waals surface area contributed by atoms with Crippen molar-refractivity contribution in [1.82, 2.24) is 0 Å². The molecule has 3 nitrogen and oxygen atoms in total. The van der Waals surface area contributed by atoms with Crippen molar-refractivity contribution in [3.05, 3.63) is 0 Å². The molecule has 0 aromatic carbocycles. The quantitative estimate of drug-likeness (QED) is 0.788. The van der Waals surface area contributed by atoms with Gasteiger partial charge in [0.15, 0.2) is 9.84 Å². The van der Waals surface area contributed by atoms with Crippen LogP contribution in [0.25, 0.3) is 0 Å². The number of Topliss-reactive ketones (excluding diaryl/α,β-unsaturated/α-hetero) is 1. The van der Waals surface area contributed by atoms with Gasteiger partial charge in [0, 0.05) is 11.8 Å². The molecular formula is C14H32O3S. The van der Waals surface area contributed by atoms with Gasteiger partial charge in [0.1, 0.15) is 5.78 Å². The van der Waals surface area contributed by atoms with Crippen molar-refractivity contribution in [2.75, 3.05) is 0 Å². The van der Waals surface area contributed by atoms with Crippen LogP contribution in [0.15, 0.2) is 0 Å². The first-order valence-corrected chi connectivity index (χ1v) is 7.81. The molecule has 0 heterocycles. The van der Waals surface area contributed by atoms with Crippen LogP contribution in [0.4, 0.5) is 0 Å². The van der Waals surface area contributed by atoms with Gasteiger partial charge in [-0.05, 0) is 27.7 Å². The summed E-state index contributed by atoms with van der Waals surface area (Å²) in [6.45, 7) is 14.5. The lowest BCUT2D eigenvalue weighted by Crippen LogP contribution is -2.23. The minimum absolute atomic E-state index is 0. The lowest BCUT2D eigenvalue weighted by Gasteiger charge is -2.09. The molecule has 0 aromatic heterocycles. The summed E-state index contributed by atoms with van der Waals surface area (Å²) in [4.78, 5) is 10.8. The predicted molar refractivity (Wildman–Crippen MR) is 80.6 cm³/mol. The van der Waals surface area contributed by atoms with Gasteiger partial charge in [-0.3, -0.25) is 4.79 Å². The first-order chi connectivity index (χ1) is 7.44. The van der Waals surface area contributed by atoms with Gasteiger partial charge in [0.05, 0.1) is 10.5 Å². The van der Waals surface area contributed by atoms with E-state index in [-0.39, 0.29) is 29.8 Å². The minimum atomic E-state index is -2.81. The monoisotopic (exact) mass is 280 g/mol. The molecule has 0 bridgehead atoms. The summed E-state index contributed by atoms with van der Waals surface area (Å²) in [6.07, 6.45) is 0. The van der Waals surface area contributed by atoms with Crippen molar-refractivity contribution in [1.29, 1.82) is 0 Å². The Bertz CT molecular complexity index is 288. The zero-order valence-corrected chi connectivity index (χ0v) is 13.3. The van der Waals surface area contributed by atoms with E-state index in [4.69, 9.17) is 0 Å². The van der Waals surface area contributed by atoms with E-state index in [2.05, 4.69) is 0 Å². The molecule has 0 amide bonds. The Balaban J connectivity index is -0.000000238. The largest absolute Gasteiger partial charge is 0.299 e. The molecule has 0 aliphatic carbocycles. The Kier molecular flexibility index (Phi) is 12.1. The Morgan fingerprint density at radius 2 is 0.944 bits per heavy atom. The van der Waals surface area contributed by atoms with Gasteiger partial charge in [-0.2, -0.15) is 0 Å². The SMILES string of the molecule is C.CC(C)C(=O)C(C)C.CC(C)S(=O)(=O)C(C)C. The highest BCUT2D eigenvalue weighted by Crippen LogP contribution is 2.06. The van der Waals surface area contributed by atoms with Crippen LogP contribution in [-0.4, -0.2) is 24.7 Å². The third-order valence-corrected chi connectivity index (χ3v) is 5.08. The lowest BCUT2D eigenvalue weighted by atomic mass is 9.99.